The number of aryl methyl sites for hydroxylation is 1. The fourth-order valence-electron chi connectivity index (χ4n) is 0.732. The molecular formula is C6H4ClF2NO2. The number of nitrogens with zero attached hydrogens (tertiary/aromatic N) is 1. The van der Waals surface area contributed by atoms with Crippen LogP contribution in [0.15, 0.2) is 4.42 Å². The zero-order valence-corrected chi connectivity index (χ0v) is 6.73. The number of hydrogen-bond acceptors (Lipinski definition) is 3. The Kier molecular flexibility index (Phi) is 2.42. The summed E-state index contributed by atoms with van der Waals surface area (Å²) >= 11 is 4.97. The zero-order chi connectivity index (χ0) is 9.30. The molecule has 0 N–H and O–H groups in total. The first-order chi connectivity index (χ1) is 5.52. The fraction of sp³-hybridized carbons (Fsp3) is 0.333. The van der Waals surface area contributed by atoms with Gasteiger partial charge in [0.15, 0.2) is 11.6 Å². The predicted molar refractivity (Wildman–Crippen MR) is 36.4 cm³/mol. The first-order valence-electron chi connectivity index (χ1n) is 2.97. The second-order valence-electron chi connectivity index (χ2n) is 2.02. The number of aromatic nitrogens is 1. The monoisotopic (exact) mass is 195 g/mol. The zero-order valence-electron chi connectivity index (χ0n) is 5.97. The summed E-state index contributed by atoms with van der Waals surface area (Å²) in [6.45, 7) is 1.36. The molecule has 0 saturated carbocycles. The molecule has 1 aromatic rings. The average Bonchev–Trinajstić information content (AvgIpc) is 2.31. The number of alkyl halides is 2. The van der Waals surface area contributed by atoms with Crippen LogP contribution >= 0.6 is 11.6 Å². The lowest BCUT2D eigenvalue weighted by Gasteiger charge is -1.92. The molecule has 0 aliphatic rings. The number of halogens is 3. The molecular weight excluding hydrogens is 192 g/mol. The van der Waals surface area contributed by atoms with E-state index in [4.69, 9.17) is 11.6 Å². The Labute approximate surface area is 71.3 Å². The van der Waals surface area contributed by atoms with Crippen molar-refractivity contribution in [1.82, 2.24) is 4.98 Å². The van der Waals surface area contributed by atoms with E-state index in [1.165, 1.54) is 6.92 Å². The molecule has 1 rings (SSSR count). The van der Waals surface area contributed by atoms with Crippen LogP contribution in [-0.4, -0.2) is 10.2 Å². The normalized spacial score (nSPS) is 10.8. The summed E-state index contributed by atoms with van der Waals surface area (Å²) in [7, 11) is 0. The van der Waals surface area contributed by atoms with E-state index in [0.717, 1.165) is 0 Å². The fourth-order valence-corrected chi connectivity index (χ4v) is 0.867. The Morgan fingerprint density at radius 3 is 2.58 bits per heavy atom. The summed E-state index contributed by atoms with van der Waals surface area (Å²) in [5, 5.41) is -1.04. The highest BCUT2D eigenvalue weighted by atomic mass is 35.5. The van der Waals surface area contributed by atoms with E-state index in [1.54, 1.807) is 0 Å². The van der Waals surface area contributed by atoms with Crippen LogP contribution < -0.4 is 0 Å². The highest BCUT2D eigenvalue weighted by molar-refractivity contribution is 6.67. The van der Waals surface area contributed by atoms with Crippen LogP contribution in [0.1, 0.15) is 28.6 Å². The van der Waals surface area contributed by atoms with E-state index < -0.39 is 23.1 Å². The minimum atomic E-state index is -2.87. The third kappa shape index (κ3) is 1.61. The van der Waals surface area contributed by atoms with Gasteiger partial charge in [-0.2, -0.15) is 0 Å². The van der Waals surface area contributed by atoms with Crippen molar-refractivity contribution in [2.24, 2.45) is 0 Å². The Morgan fingerprint density at radius 1 is 1.67 bits per heavy atom. The lowest BCUT2D eigenvalue weighted by molar-refractivity contribution is 0.103. The van der Waals surface area contributed by atoms with Crippen LogP contribution in [0, 0.1) is 6.92 Å². The van der Waals surface area contributed by atoms with Gasteiger partial charge in [-0.05, 0) is 11.6 Å². The molecule has 0 radical (unpaired) electrons. The van der Waals surface area contributed by atoms with Crippen molar-refractivity contribution in [3.8, 4) is 0 Å². The van der Waals surface area contributed by atoms with Gasteiger partial charge in [-0.15, -0.1) is 0 Å². The van der Waals surface area contributed by atoms with Crippen molar-refractivity contribution in [2.45, 2.75) is 13.3 Å². The van der Waals surface area contributed by atoms with Crippen molar-refractivity contribution in [3.05, 3.63) is 17.3 Å². The number of carbonyl (C=O) groups excluding carboxylic acids is 1. The van der Waals surface area contributed by atoms with Gasteiger partial charge < -0.3 is 4.42 Å². The smallest absolute Gasteiger partial charge is 0.297 e. The molecule has 1 aromatic heterocycles. The van der Waals surface area contributed by atoms with Crippen LogP contribution in [0.5, 0.6) is 0 Å². The molecule has 0 spiro atoms. The lowest BCUT2D eigenvalue weighted by Crippen LogP contribution is -1.95. The molecule has 1 heterocycles. The quantitative estimate of drug-likeness (QED) is 0.680. The second-order valence-corrected chi connectivity index (χ2v) is 2.36. The average molecular weight is 196 g/mol. The molecule has 0 saturated heterocycles. The topological polar surface area (TPSA) is 43.1 Å². The maximum Gasteiger partial charge on any atom is 0.297 e. The number of carbonyl (C=O) groups is 1. The third-order valence-corrected chi connectivity index (χ3v) is 1.32. The maximum absolute atomic E-state index is 12.1. The Balaban J connectivity index is 3.17. The van der Waals surface area contributed by atoms with E-state index in [9.17, 15) is 13.6 Å². The van der Waals surface area contributed by atoms with Gasteiger partial charge in [0.25, 0.3) is 11.7 Å². The Hall–Kier alpha value is -0.970. The summed E-state index contributed by atoms with van der Waals surface area (Å²) in [6, 6.07) is 0. The van der Waals surface area contributed by atoms with Crippen molar-refractivity contribution < 1.29 is 18.0 Å². The molecule has 0 aromatic carbocycles. The molecule has 0 aliphatic heterocycles. The SMILES string of the molecule is Cc1nc(C(=O)Cl)c(C(F)F)o1. The van der Waals surface area contributed by atoms with Gasteiger partial charge in [0.1, 0.15) is 0 Å². The second kappa shape index (κ2) is 3.18. The minimum Gasteiger partial charge on any atom is -0.439 e. The molecule has 0 unspecified atom stereocenters. The van der Waals surface area contributed by atoms with E-state index in [-0.39, 0.29) is 5.89 Å². The van der Waals surface area contributed by atoms with Gasteiger partial charge in [0, 0.05) is 6.92 Å². The molecule has 0 aliphatic carbocycles. The van der Waals surface area contributed by atoms with Crippen molar-refractivity contribution in [1.29, 1.82) is 0 Å². The standard InChI is InChI=1S/C6H4ClF2NO2/c1-2-10-3(5(7)11)4(12-2)6(8)9/h6H,1H3. The molecule has 0 bridgehead atoms. The van der Waals surface area contributed by atoms with E-state index in [0.29, 0.717) is 0 Å². The van der Waals surface area contributed by atoms with E-state index in [2.05, 4.69) is 9.40 Å². The molecule has 12 heavy (non-hydrogen) atoms. The van der Waals surface area contributed by atoms with Gasteiger partial charge in [-0.1, -0.05) is 0 Å². The van der Waals surface area contributed by atoms with Crippen LogP contribution in [0.4, 0.5) is 8.78 Å². The van der Waals surface area contributed by atoms with Crippen LogP contribution in [0.25, 0.3) is 0 Å². The molecule has 0 fully saturated rings. The van der Waals surface area contributed by atoms with Crippen LogP contribution in [0.3, 0.4) is 0 Å². The first kappa shape index (κ1) is 9.12. The summed E-state index contributed by atoms with van der Waals surface area (Å²) in [6.07, 6.45) is -2.87. The summed E-state index contributed by atoms with van der Waals surface area (Å²) in [5.74, 6) is -0.776. The minimum absolute atomic E-state index is 0.00528. The van der Waals surface area contributed by atoms with Crippen molar-refractivity contribution in [3.63, 3.8) is 0 Å². The highest BCUT2D eigenvalue weighted by Crippen LogP contribution is 2.24. The van der Waals surface area contributed by atoms with Gasteiger partial charge in [0.05, 0.1) is 0 Å². The van der Waals surface area contributed by atoms with E-state index in [1.807, 2.05) is 0 Å². The summed E-state index contributed by atoms with van der Waals surface area (Å²) < 4.78 is 28.6. The molecule has 3 nitrogen and oxygen atoms in total. The summed E-state index contributed by atoms with van der Waals surface area (Å²) in [5.41, 5.74) is -0.510. The predicted octanol–water partition coefficient (Wildman–Crippen LogP) is 2.30. The van der Waals surface area contributed by atoms with Gasteiger partial charge in [0.2, 0.25) is 5.76 Å². The van der Waals surface area contributed by atoms with Crippen molar-refractivity contribution in [2.75, 3.05) is 0 Å². The molecule has 0 atom stereocenters. The Bertz CT molecular complexity index is 310. The lowest BCUT2D eigenvalue weighted by atomic mass is 10.4. The van der Waals surface area contributed by atoms with Crippen LogP contribution in [0.2, 0.25) is 0 Å². The highest BCUT2D eigenvalue weighted by Gasteiger charge is 2.23. The molecule has 66 valence electrons. The first-order valence-corrected chi connectivity index (χ1v) is 3.35. The maximum atomic E-state index is 12.1. The molecule has 0 amide bonds. The Morgan fingerprint density at radius 2 is 2.25 bits per heavy atom. The van der Waals surface area contributed by atoms with Crippen LogP contribution in [-0.2, 0) is 0 Å². The number of oxazole rings is 1. The largest absolute Gasteiger partial charge is 0.439 e. The number of hydrogen-bond donors (Lipinski definition) is 0. The van der Waals surface area contributed by atoms with Gasteiger partial charge >= 0.3 is 0 Å². The van der Waals surface area contributed by atoms with E-state index >= 15 is 0 Å². The third-order valence-electron chi connectivity index (χ3n) is 1.14. The van der Waals surface area contributed by atoms with Gasteiger partial charge in [-0.25, -0.2) is 13.8 Å². The summed E-state index contributed by atoms with van der Waals surface area (Å²) in [4.78, 5) is 13.9. The number of rotatable bonds is 2. The van der Waals surface area contributed by atoms with Crippen molar-refractivity contribution >= 4 is 16.8 Å². The molecule has 6 heteroatoms. The van der Waals surface area contributed by atoms with Gasteiger partial charge in [-0.3, -0.25) is 4.79 Å².